The van der Waals surface area contributed by atoms with Crippen molar-refractivity contribution >= 4 is 5.91 Å². The van der Waals surface area contributed by atoms with Gasteiger partial charge in [-0.15, -0.1) is 0 Å². The maximum atomic E-state index is 12.2. The molecule has 1 aromatic carbocycles. The first-order chi connectivity index (χ1) is 12.6. The molecule has 1 aliphatic carbocycles. The monoisotopic (exact) mass is 357 g/mol. The van der Waals surface area contributed by atoms with E-state index in [4.69, 9.17) is 0 Å². The molecule has 8 nitrogen and oxygen atoms in total. The first kappa shape index (κ1) is 17.0. The van der Waals surface area contributed by atoms with Gasteiger partial charge >= 0.3 is 5.69 Å². The Balaban J connectivity index is 1.37. The largest absolute Gasteiger partial charge is 0.391 e. The number of aliphatic hydroxyl groups excluding tert-OH is 1. The van der Waals surface area contributed by atoms with Crippen LogP contribution >= 0.6 is 0 Å². The molecular weight excluding hydrogens is 334 g/mol. The second-order valence-electron chi connectivity index (χ2n) is 7.18. The molecule has 1 saturated heterocycles. The zero-order valence-electron chi connectivity index (χ0n) is 14.4. The molecule has 2 fully saturated rings. The number of rotatable bonds is 6. The summed E-state index contributed by atoms with van der Waals surface area (Å²) in [4.78, 5) is 25.7. The third-order valence-electron chi connectivity index (χ3n) is 5.77. The summed E-state index contributed by atoms with van der Waals surface area (Å²) >= 11 is 0. The number of aromatic nitrogens is 3. The fourth-order valence-electron chi connectivity index (χ4n) is 4.45. The average Bonchev–Trinajstić information content (AvgIpc) is 2.87. The van der Waals surface area contributed by atoms with Crippen LogP contribution < -0.4 is 16.3 Å². The van der Waals surface area contributed by atoms with Gasteiger partial charge in [-0.2, -0.15) is 5.10 Å². The number of benzene rings is 1. The predicted molar refractivity (Wildman–Crippen MR) is 94.5 cm³/mol. The van der Waals surface area contributed by atoms with Gasteiger partial charge in [0, 0.05) is 37.9 Å². The highest BCUT2D eigenvalue weighted by Crippen LogP contribution is 2.67. The van der Waals surface area contributed by atoms with Crippen LogP contribution in [0.4, 0.5) is 0 Å². The van der Waals surface area contributed by atoms with E-state index in [0.717, 1.165) is 6.54 Å². The van der Waals surface area contributed by atoms with Crippen LogP contribution in [0, 0.1) is 11.3 Å². The smallest absolute Gasteiger partial charge is 0.340 e. The molecule has 0 radical (unpaired) electrons. The van der Waals surface area contributed by atoms with Gasteiger partial charge in [-0.25, -0.2) is 9.89 Å². The SMILES string of the molecule is O=C(CCc1n[nH]c(=O)[nH]1)NC[C@H]1[C@H](c2ccccc2)[C@@]12CNC[C@H]2O. The Morgan fingerprint density at radius 2 is 2.15 bits per heavy atom. The first-order valence-electron chi connectivity index (χ1n) is 8.95. The maximum Gasteiger partial charge on any atom is 0.340 e. The second kappa shape index (κ2) is 6.69. The standard InChI is InChI=1S/C18H23N5O3/c24-13-9-19-10-18(13)12(16(18)11-4-2-1-3-5-11)8-20-15(25)7-6-14-21-17(26)23-22-14/h1-5,12-13,16,19,24H,6-10H2,(H,20,25)(H2,21,22,23,26)/t12-,13+,16-,18-/m0/s1. The fourth-order valence-corrected chi connectivity index (χ4v) is 4.45. The number of carbonyl (C=O) groups is 1. The quantitative estimate of drug-likeness (QED) is 0.477. The highest BCUT2D eigenvalue weighted by Gasteiger charge is 2.69. The van der Waals surface area contributed by atoms with E-state index >= 15 is 0 Å². The van der Waals surface area contributed by atoms with Crippen molar-refractivity contribution < 1.29 is 9.90 Å². The molecular formula is C18H23N5O3. The average molecular weight is 357 g/mol. The molecule has 1 saturated carbocycles. The minimum Gasteiger partial charge on any atom is -0.391 e. The number of carbonyl (C=O) groups excluding carboxylic acids is 1. The Bertz CT molecular complexity index is 833. The van der Waals surface area contributed by atoms with E-state index in [2.05, 4.69) is 37.9 Å². The highest BCUT2D eigenvalue weighted by molar-refractivity contribution is 5.76. The normalized spacial score (nSPS) is 29.8. The van der Waals surface area contributed by atoms with Gasteiger partial charge in [0.15, 0.2) is 0 Å². The van der Waals surface area contributed by atoms with E-state index in [-0.39, 0.29) is 35.3 Å². The molecule has 138 valence electrons. The summed E-state index contributed by atoms with van der Waals surface area (Å²) < 4.78 is 0. The Kier molecular flexibility index (Phi) is 4.37. The molecule has 2 heterocycles. The van der Waals surface area contributed by atoms with Crippen molar-refractivity contribution in [3.05, 3.63) is 52.2 Å². The molecule has 8 heteroatoms. The van der Waals surface area contributed by atoms with Gasteiger partial charge in [-0.1, -0.05) is 30.3 Å². The molecule has 2 aliphatic rings. The Morgan fingerprint density at radius 1 is 1.35 bits per heavy atom. The third-order valence-corrected chi connectivity index (χ3v) is 5.77. The summed E-state index contributed by atoms with van der Waals surface area (Å²) in [6.45, 7) is 1.90. The second-order valence-corrected chi connectivity index (χ2v) is 7.18. The summed E-state index contributed by atoms with van der Waals surface area (Å²) in [7, 11) is 0. The lowest BCUT2D eigenvalue weighted by molar-refractivity contribution is -0.121. The molecule has 0 unspecified atom stereocenters. The van der Waals surface area contributed by atoms with Crippen LogP contribution in [0.5, 0.6) is 0 Å². The molecule has 1 amide bonds. The Hall–Kier alpha value is -2.45. The van der Waals surface area contributed by atoms with Crippen molar-refractivity contribution in [2.24, 2.45) is 11.3 Å². The number of aromatic amines is 2. The Morgan fingerprint density at radius 3 is 2.81 bits per heavy atom. The first-order valence-corrected chi connectivity index (χ1v) is 8.95. The van der Waals surface area contributed by atoms with Crippen LogP contribution in [0.25, 0.3) is 0 Å². The van der Waals surface area contributed by atoms with Crippen LogP contribution in [0.1, 0.15) is 23.7 Å². The van der Waals surface area contributed by atoms with Crippen LogP contribution in [0.15, 0.2) is 35.1 Å². The fraction of sp³-hybridized carbons (Fsp3) is 0.500. The number of hydrogen-bond acceptors (Lipinski definition) is 5. The third kappa shape index (κ3) is 2.95. The number of nitrogens with one attached hydrogen (secondary N) is 4. The van der Waals surface area contributed by atoms with Gasteiger partial charge in [0.05, 0.1) is 6.10 Å². The van der Waals surface area contributed by atoms with Gasteiger partial charge in [0.25, 0.3) is 0 Å². The number of β-amino-alcohol motifs (C(OH)–C–C–N with tert-alkyl or cyclic N) is 1. The molecule has 5 N–H and O–H groups in total. The molecule has 4 atom stereocenters. The molecule has 1 spiro atoms. The van der Waals surface area contributed by atoms with Crippen molar-refractivity contribution in [2.45, 2.75) is 24.9 Å². The number of nitrogens with zero attached hydrogens (tertiary/aromatic N) is 1. The van der Waals surface area contributed by atoms with Gasteiger partial charge in [-0.3, -0.25) is 9.78 Å². The summed E-state index contributed by atoms with van der Waals surface area (Å²) in [6.07, 6.45) is 0.244. The van der Waals surface area contributed by atoms with Crippen LogP contribution in [0.2, 0.25) is 0 Å². The topological polar surface area (TPSA) is 123 Å². The van der Waals surface area contributed by atoms with Crippen molar-refractivity contribution in [1.29, 1.82) is 0 Å². The summed E-state index contributed by atoms with van der Waals surface area (Å²) in [6, 6.07) is 10.2. The van der Waals surface area contributed by atoms with Crippen molar-refractivity contribution in [2.75, 3.05) is 19.6 Å². The molecule has 0 bridgehead atoms. The van der Waals surface area contributed by atoms with Crippen LogP contribution in [0.3, 0.4) is 0 Å². The van der Waals surface area contributed by atoms with Gasteiger partial charge < -0.3 is 15.7 Å². The number of aryl methyl sites for hydroxylation is 1. The van der Waals surface area contributed by atoms with Gasteiger partial charge in [0.2, 0.25) is 5.91 Å². The van der Waals surface area contributed by atoms with E-state index in [1.165, 1.54) is 5.56 Å². The summed E-state index contributed by atoms with van der Waals surface area (Å²) in [5.74, 6) is 0.856. The van der Waals surface area contributed by atoms with Crippen molar-refractivity contribution in [3.63, 3.8) is 0 Å². The maximum absolute atomic E-state index is 12.2. The lowest BCUT2D eigenvalue weighted by atomic mass is 9.95. The number of H-pyrrole nitrogens is 2. The van der Waals surface area contributed by atoms with E-state index in [1.54, 1.807) is 0 Å². The number of hydrogen-bond donors (Lipinski definition) is 5. The van der Waals surface area contributed by atoms with Crippen LogP contribution in [-0.2, 0) is 11.2 Å². The summed E-state index contributed by atoms with van der Waals surface area (Å²) in [5.41, 5.74) is 0.652. The van der Waals surface area contributed by atoms with Gasteiger partial charge in [-0.05, 0) is 17.4 Å². The molecule has 4 rings (SSSR count). The van der Waals surface area contributed by atoms with Crippen LogP contribution in [-0.4, -0.2) is 51.9 Å². The van der Waals surface area contributed by atoms with E-state index in [0.29, 0.717) is 25.3 Å². The minimum atomic E-state index is -0.399. The summed E-state index contributed by atoms with van der Waals surface area (Å²) in [5, 5.41) is 22.9. The molecule has 26 heavy (non-hydrogen) atoms. The molecule has 2 aromatic rings. The molecule has 1 aromatic heterocycles. The lowest BCUT2D eigenvalue weighted by Crippen LogP contribution is -2.30. The van der Waals surface area contributed by atoms with Gasteiger partial charge in [0.1, 0.15) is 5.82 Å². The van der Waals surface area contributed by atoms with Crippen molar-refractivity contribution in [3.8, 4) is 0 Å². The zero-order valence-corrected chi connectivity index (χ0v) is 14.4. The molecule has 1 aliphatic heterocycles. The van der Waals surface area contributed by atoms with Crippen molar-refractivity contribution in [1.82, 2.24) is 25.8 Å². The van der Waals surface area contributed by atoms with E-state index in [1.807, 2.05) is 18.2 Å². The van der Waals surface area contributed by atoms with E-state index < -0.39 is 6.10 Å². The predicted octanol–water partition coefficient (Wildman–Crippen LogP) is -0.489. The zero-order chi connectivity index (χ0) is 18.1. The Labute approximate surface area is 150 Å². The van der Waals surface area contributed by atoms with E-state index in [9.17, 15) is 14.7 Å². The highest BCUT2D eigenvalue weighted by atomic mass is 16.3. The lowest BCUT2D eigenvalue weighted by Gasteiger charge is -2.14. The number of aliphatic hydroxyl groups is 1. The minimum absolute atomic E-state index is 0.0804. The number of amides is 1.